The summed E-state index contributed by atoms with van der Waals surface area (Å²) in [4.78, 5) is 0. The van der Waals surface area contributed by atoms with Crippen LogP contribution in [0, 0.1) is 11.6 Å². The van der Waals surface area contributed by atoms with Crippen LogP contribution in [0.15, 0.2) is 78.9 Å². The Morgan fingerprint density at radius 1 is 0.476 bits per heavy atom. The minimum atomic E-state index is -0.804. The smallest absolute Gasteiger partial charge is 0.123 e. The lowest BCUT2D eigenvalue weighted by atomic mass is 10.3. The Kier molecular flexibility index (Phi) is 4.08. The third kappa shape index (κ3) is 3.17. The molecule has 0 spiro atoms. The Morgan fingerprint density at radius 2 is 0.857 bits per heavy atom. The van der Waals surface area contributed by atoms with E-state index in [1.54, 1.807) is 24.3 Å². The fourth-order valence-electron chi connectivity index (χ4n) is 2.20. The minimum Gasteiger partial charge on any atom is -0.207 e. The van der Waals surface area contributed by atoms with Gasteiger partial charge in [-0.05, 0) is 48.1 Å². The summed E-state index contributed by atoms with van der Waals surface area (Å²) < 4.78 is 26.3. The lowest BCUT2D eigenvalue weighted by Crippen LogP contribution is -2.20. The molecule has 0 bridgehead atoms. The van der Waals surface area contributed by atoms with Crippen molar-refractivity contribution in [2.75, 3.05) is 0 Å². The molecule has 0 aromatic heterocycles. The van der Waals surface area contributed by atoms with Gasteiger partial charge >= 0.3 is 0 Å². The monoisotopic (exact) mass is 298 g/mol. The first kappa shape index (κ1) is 13.9. The van der Waals surface area contributed by atoms with Crippen LogP contribution in [0.3, 0.4) is 0 Å². The Morgan fingerprint density at radius 3 is 1.29 bits per heavy atom. The molecule has 0 heterocycles. The summed E-state index contributed by atoms with van der Waals surface area (Å²) in [5.41, 5.74) is 0. The van der Waals surface area contributed by atoms with Gasteiger partial charge in [-0.25, -0.2) is 8.78 Å². The maximum Gasteiger partial charge on any atom is 0.123 e. The van der Waals surface area contributed by atoms with Crippen LogP contribution in [0.5, 0.6) is 0 Å². The van der Waals surface area contributed by atoms with Gasteiger partial charge in [-0.3, -0.25) is 0 Å². The van der Waals surface area contributed by atoms with Crippen molar-refractivity contribution in [3.8, 4) is 0 Å². The second-order valence-electron chi connectivity index (χ2n) is 4.62. The molecule has 0 radical (unpaired) electrons. The van der Waals surface area contributed by atoms with Gasteiger partial charge in [0.05, 0.1) is 0 Å². The second kappa shape index (κ2) is 6.15. The topological polar surface area (TPSA) is 0 Å². The van der Waals surface area contributed by atoms with Crippen LogP contribution in [0.25, 0.3) is 0 Å². The molecule has 0 aliphatic heterocycles. The predicted molar refractivity (Wildman–Crippen MR) is 85.1 cm³/mol. The molecular formula is C18H13F2P. The van der Waals surface area contributed by atoms with E-state index in [1.807, 2.05) is 18.2 Å². The number of benzene rings is 3. The SMILES string of the molecule is Fc1ccc(P(c2ccccc2)c2ccc(F)cc2)cc1. The van der Waals surface area contributed by atoms with Gasteiger partial charge in [0.15, 0.2) is 0 Å². The highest BCUT2D eigenvalue weighted by Gasteiger charge is 2.16. The van der Waals surface area contributed by atoms with Crippen molar-refractivity contribution in [3.63, 3.8) is 0 Å². The van der Waals surface area contributed by atoms with Gasteiger partial charge in [-0.2, -0.15) is 0 Å². The summed E-state index contributed by atoms with van der Waals surface area (Å²) in [6.07, 6.45) is 0. The molecule has 3 aromatic carbocycles. The molecule has 3 aromatic rings. The maximum atomic E-state index is 13.2. The van der Waals surface area contributed by atoms with E-state index in [-0.39, 0.29) is 11.6 Å². The first-order valence-electron chi connectivity index (χ1n) is 6.60. The van der Waals surface area contributed by atoms with Gasteiger partial charge in [0.2, 0.25) is 0 Å². The molecule has 3 heteroatoms. The zero-order valence-electron chi connectivity index (χ0n) is 11.2. The predicted octanol–water partition coefficient (Wildman–Crippen LogP) is 3.72. The third-order valence-corrected chi connectivity index (χ3v) is 5.63. The van der Waals surface area contributed by atoms with E-state index >= 15 is 0 Å². The Bertz CT molecular complexity index is 661. The molecule has 0 unspecified atom stereocenters. The molecule has 0 aliphatic rings. The van der Waals surface area contributed by atoms with E-state index in [0.717, 1.165) is 15.9 Å². The van der Waals surface area contributed by atoms with E-state index in [0.29, 0.717) is 0 Å². The van der Waals surface area contributed by atoms with Crippen molar-refractivity contribution in [2.24, 2.45) is 0 Å². The fraction of sp³-hybridized carbons (Fsp3) is 0. The summed E-state index contributed by atoms with van der Waals surface area (Å²) in [7, 11) is -0.804. The molecule has 0 saturated carbocycles. The summed E-state index contributed by atoms with van der Waals surface area (Å²) in [5, 5.41) is 3.25. The molecule has 0 amide bonds. The van der Waals surface area contributed by atoms with E-state index in [9.17, 15) is 8.78 Å². The summed E-state index contributed by atoms with van der Waals surface area (Å²) in [6, 6.07) is 23.1. The van der Waals surface area contributed by atoms with Crippen LogP contribution >= 0.6 is 7.92 Å². The first-order chi connectivity index (χ1) is 10.2. The first-order valence-corrected chi connectivity index (χ1v) is 7.94. The standard InChI is InChI=1S/C18H13F2P/c19-14-6-10-17(11-7-14)21(16-4-2-1-3-5-16)18-12-8-15(20)9-13-18/h1-13H. The van der Waals surface area contributed by atoms with Crippen molar-refractivity contribution >= 4 is 23.8 Å². The molecule has 0 atom stereocenters. The molecule has 0 saturated heterocycles. The van der Waals surface area contributed by atoms with E-state index in [4.69, 9.17) is 0 Å². The maximum absolute atomic E-state index is 13.2. The van der Waals surface area contributed by atoms with Crippen LogP contribution in [0.2, 0.25) is 0 Å². The van der Waals surface area contributed by atoms with Crippen molar-refractivity contribution in [2.45, 2.75) is 0 Å². The minimum absolute atomic E-state index is 0.249. The number of halogens is 2. The molecule has 104 valence electrons. The van der Waals surface area contributed by atoms with Gasteiger partial charge in [-0.1, -0.05) is 54.6 Å². The van der Waals surface area contributed by atoms with E-state index in [2.05, 4.69) is 12.1 Å². The van der Waals surface area contributed by atoms with Crippen LogP contribution in [0.4, 0.5) is 8.78 Å². The largest absolute Gasteiger partial charge is 0.207 e. The van der Waals surface area contributed by atoms with Crippen LogP contribution in [-0.4, -0.2) is 0 Å². The lowest BCUT2D eigenvalue weighted by Gasteiger charge is -2.19. The summed E-state index contributed by atoms with van der Waals surface area (Å²) in [5.74, 6) is -0.498. The van der Waals surface area contributed by atoms with Crippen LogP contribution < -0.4 is 15.9 Å². The number of hydrogen-bond acceptors (Lipinski definition) is 0. The fourth-order valence-corrected chi connectivity index (χ4v) is 4.46. The van der Waals surface area contributed by atoms with E-state index in [1.165, 1.54) is 24.3 Å². The Balaban J connectivity index is 2.11. The van der Waals surface area contributed by atoms with E-state index < -0.39 is 7.92 Å². The van der Waals surface area contributed by atoms with Crippen LogP contribution in [0.1, 0.15) is 0 Å². The van der Waals surface area contributed by atoms with Gasteiger partial charge in [0.1, 0.15) is 11.6 Å². The van der Waals surface area contributed by atoms with Gasteiger partial charge in [0.25, 0.3) is 0 Å². The van der Waals surface area contributed by atoms with Crippen molar-refractivity contribution in [3.05, 3.63) is 90.5 Å². The Hall–Kier alpha value is -2.05. The summed E-state index contributed by atoms with van der Waals surface area (Å²) >= 11 is 0. The van der Waals surface area contributed by atoms with Gasteiger partial charge < -0.3 is 0 Å². The molecule has 0 nitrogen and oxygen atoms in total. The summed E-state index contributed by atoms with van der Waals surface area (Å²) in [6.45, 7) is 0. The normalized spacial score (nSPS) is 10.8. The highest BCUT2D eigenvalue weighted by molar-refractivity contribution is 7.79. The molecule has 0 aliphatic carbocycles. The molecule has 0 fully saturated rings. The van der Waals surface area contributed by atoms with Gasteiger partial charge in [-0.15, -0.1) is 0 Å². The van der Waals surface area contributed by atoms with Crippen molar-refractivity contribution in [1.82, 2.24) is 0 Å². The highest BCUT2D eigenvalue weighted by atomic mass is 31.1. The number of hydrogen-bond donors (Lipinski definition) is 0. The quantitative estimate of drug-likeness (QED) is 0.646. The number of rotatable bonds is 3. The van der Waals surface area contributed by atoms with Crippen molar-refractivity contribution in [1.29, 1.82) is 0 Å². The molecule has 0 N–H and O–H groups in total. The zero-order chi connectivity index (χ0) is 14.7. The molecule has 21 heavy (non-hydrogen) atoms. The molecular weight excluding hydrogens is 285 g/mol. The average molecular weight is 298 g/mol. The van der Waals surface area contributed by atoms with Gasteiger partial charge in [0, 0.05) is 0 Å². The Labute approximate surface area is 123 Å². The highest BCUT2D eigenvalue weighted by Crippen LogP contribution is 2.32. The zero-order valence-corrected chi connectivity index (χ0v) is 12.1. The lowest BCUT2D eigenvalue weighted by molar-refractivity contribution is 0.628. The van der Waals surface area contributed by atoms with Crippen molar-refractivity contribution < 1.29 is 8.78 Å². The molecule has 3 rings (SSSR count). The third-order valence-electron chi connectivity index (χ3n) is 3.18. The average Bonchev–Trinajstić information content (AvgIpc) is 2.52. The second-order valence-corrected chi connectivity index (χ2v) is 6.84. The van der Waals surface area contributed by atoms with Crippen LogP contribution in [-0.2, 0) is 0 Å².